The van der Waals surface area contributed by atoms with Crippen LogP contribution in [0.1, 0.15) is 12.0 Å². The van der Waals surface area contributed by atoms with E-state index in [-0.39, 0.29) is 0 Å². The van der Waals surface area contributed by atoms with Crippen LogP contribution >= 0.6 is 23.2 Å². The Morgan fingerprint density at radius 1 is 1.00 bits per heavy atom. The molecule has 108 valence electrons. The monoisotopic (exact) mass is 321 g/mol. The van der Waals surface area contributed by atoms with Crippen molar-refractivity contribution in [2.45, 2.75) is 6.42 Å². The lowest BCUT2D eigenvalue weighted by molar-refractivity contribution is 0.247. The lowest BCUT2D eigenvalue weighted by Crippen LogP contribution is -2.05. The third-order valence-corrected chi connectivity index (χ3v) is 3.20. The molecule has 0 fully saturated rings. The Kier molecular flexibility index (Phi) is 5.74. The van der Waals surface area contributed by atoms with Gasteiger partial charge in [0.25, 0.3) is 0 Å². The van der Waals surface area contributed by atoms with E-state index in [1.54, 1.807) is 36.4 Å². The Balaban J connectivity index is 1.74. The van der Waals surface area contributed by atoms with Crippen LogP contribution in [-0.4, -0.2) is 13.2 Å². The molecule has 0 N–H and O–H groups in total. The molecule has 0 aliphatic heterocycles. The second kappa shape index (κ2) is 7.78. The van der Waals surface area contributed by atoms with Gasteiger partial charge in [-0.3, -0.25) is 0 Å². The normalized spacial score (nSPS) is 9.95. The van der Waals surface area contributed by atoms with Crippen LogP contribution in [0.25, 0.3) is 0 Å². The van der Waals surface area contributed by atoms with Crippen molar-refractivity contribution in [2.75, 3.05) is 13.2 Å². The highest BCUT2D eigenvalue weighted by Crippen LogP contribution is 2.27. The molecule has 0 aromatic heterocycles. The van der Waals surface area contributed by atoms with E-state index in [9.17, 15) is 0 Å². The molecule has 0 amide bonds. The van der Waals surface area contributed by atoms with Gasteiger partial charge in [0.15, 0.2) is 0 Å². The third kappa shape index (κ3) is 4.86. The topological polar surface area (TPSA) is 42.2 Å². The predicted octanol–water partition coefficient (Wildman–Crippen LogP) is 4.71. The SMILES string of the molecule is N#Cc1cccc(OCCCOc2ccc(Cl)cc2Cl)c1. The Bertz CT molecular complexity index is 653. The fourth-order valence-corrected chi connectivity index (χ4v) is 2.14. The summed E-state index contributed by atoms with van der Waals surface area (Å²) < 4.78 is 11.1. The summed E-state index contributed by atoms with van der Waals surface area (Å²) in [7, 11) is 0. The van der Waals surface area contributed by atoms with Gasteiger partial charge in [0, 0.05) is 11.4 Å². The van der Waals surface area contributed by atoms with Gasteiger partial charge in [0.2, 0.25) is 0 Å². The van der Waals surface area contributed by atoms with Crippen molar-refractivity contribution in [2.24, 2.45) is 0 Å². The minimum Gasteiger partial charge on any atom is -0.493 e. The summed E-state index contributed by atoms with van der Waals surface area (Å²) in [4.78, 5) is 0. The Morgan fingerprint density at radius 2 is 1.81 bits per heavy atom. The fourth-order valence-electron chi connectivity index (χ4n) is 1.68. The zero-order valence-corrected chi connectivity index (χ0v) is 12.7. The van der Waals surface area contributed by atoms with Gasteiger partial charge in [-0.1, -0.05) is 29.3 Å². The molecular weight excluding hydrogens is 309 g/mol. The minimum absolute atomic E-state index is 0.485. The van der Waals surface area contributed by atoms with E-state index in [1.165, 1.54) is 0 Å². The highest BCUT2D eigenvalue weighted by molar-refractivity contribution is 6.35. The van der Waals surface area contributed by atoms with Crippen molar-refractivity contribution in [1.82, 2.24) is 0 Å². The second-order valence-electron chi connectivity index (χ2n) is 4.26. The van der Waals surface area contributed by atoms with E-state index in [1.807, 2.05) is 6.07 Å². The molecule has 2 rings (SSSR count). The molecule has 0 saturated heterocycles. The maximum absolute atomic E-state index is 8.80. The van der Waals surface area contributed by atoms with Gasteiger partial charge >= 0.3 is 0 Å². The van der Waals surface area contributed by atoms with Gasteiger partial charge in [0.05, 0.1) is 29.9 Å². The molecule has 2 aromatic carbocycles. The highest BCUT2D eigenvalue weighted by atomic mass is 35.5. The average Bonchev–Trinajstić information content (AvgIpc) is 2.49. The van der Waals surface area contributed by atoms with E-state index >= 15 is 0 Å². The van der Waals surface area contributed by atoms with Crippen LogP contribution in [0.2, 0.25) is 10.0 Å². The first kappa shape index (κ1) is 15.5. The van der Waals surface area contributed by atoms with E-state index in [0.29, 0.717) is 46.7 Å². The van der Waals surface area contributed by atoms with Gasteiger partial charge < -0.3 is 9.47 Å². The van der Waals surface area contributed by atoms with Crippen molar-refractivity contribution in [3.8, 4) is 17.6 Å². The standard InChI is InChI=1S/C16H13Cl2NO2/c17-13-5-6-16(15(18)10-13)21-8-2-7-20-14-4-1-3-12(9-14)11-19/h1,3-6,9-10H,2,7-8H2. The Hall–Kier alpha value is -1.89. The summed E-state index contributed by atoms with van der Waals surface area (Å²) >= 11 is 11.8. The molecule has 5 heteroatoms. The van der Waals surface area contributed by atoms with E-state index in [0.717, 1.165) is 0 Å². The average molecular weight is 322 g/mol. The van der Waals surface area contributed by atoms with Crippen LogP contribution < -0.4 is 9.47 Å². The largest absolute Gasteiger partial charge is 0.493 e. The van der Waals surface area contributed by atoms with Crippen LogP contribution in [0, 0.1) is 11.3 Å². The van der Waals surface area contributed by atoms with Gasteiger partial charge in [-0.25, -0.2) is 0 Å². The number of nitriles is 1. The maximum Gasteiger partial charge on any atom is 0.137 e. The van der Waals surface area contributed by atoms with E-state index in [2.05, 4.69) is 6.07 Å². The summed E-state index contributed by atoms with van der Waals surface area (Å²) in [5, 5.41) is 9.86. The zero-order valence-electron chi connectivity index (χ0n) is 11.2. The first-order valence-electron chi connectivity index (χ1n) is 6.40. The van der Waals surface area contributed by atoms with Crippen molar-refractivity contribution < 1.29 is 9.47 Å². The van der Waals surface area contributed by atoms with E-state index in [4.69, 9.17) is 37.9 Å². The molecule has 0 bridgehead atoms. The van der Waals surface area contributed by atoms with Crippen LogP contribution in [-0.2, 0) is 0 Å². The predicted molar refractivity (Wildman–Crippen MR) is 83.2 cm³/mol. The molecule has 3 nitrogen and oxygen atoms in total. The van der Waals surface area contributed by atoms with Gasteiger partial charge in [-0.15, -0.1) is 0 Å². The first-order chi connectivity index (χ1) is 10.2. The van der Waals surface area contributed by atoms with Crippen molar-refractivity contribution >= 4 is 23.2 Å². The molecule has 0 heterocycles. The molecule has 0 radical (unpaired) electrons. The molecule has 0 unspecified atom stereocenters. The smallest absolute Gasteiger partial charge is 0.137 e. The number of halogens is 2. The minimum atomic E-state index is 0.485. The highest BCUT2D eigenvalue weighted by Gasteiger charge is 2.02. The van der Waals surface area contributed by atoms with Crippen LogP contribution in [0.4, 0.5) is 0 Å². The number of benzene rings is 2. The Labute approximate surface area is 133 Å². The van der Waals surface area contributed by atoms with Crippen LogP contribution in [0.5, 0.6) is 11.5 Å². The zero-order chi connectivity index (χ0) is 15.1. The summed E-state index contributed by atoms with van der Waals surface area (Å²) in [6.45, 7) is 0.985. The number of hydrogen-bond acceptors (Lipinski definition) is 3. The molecule has 0 atom stereocenters. The fraction of sp³-hybridized carbons (Fsp3) is 0.188. The number of hydrogen-bond donors (Lipinski definition) is 0. The third-order valence-electron chi connectivity index (χ3n) is 2.67. The van der Waals surface area contributed by atoms with Crippen LogP contribution in [0.15, 0.2) is 42.5 Å². The first-order valence-corrected chi connectivity index (χ1v) is 7.15. The van der Waals surface area contributed by atoms with Gasteiger partial charge in [0.1, 0.15) is 11.5 Å². The number of ether oxygens (including phenoxy) is 2. The molecule has 0 aliphatic carbocycles. The molecular formula is C16H13Cl2NO2. The van der Waals surface area contributed by atoms with Crippen molar-refractivity contribution in [1.29, 1.82) is 5.26 Å². The van der Waals surface area contributed by atoms with Crippen molar-refractivity contribution in [3.63, 3.8) is 0 Å². The lowest BCUT2D eigenvalue weighted by Gasteiger charge is -2.09. The van der Waals surface area contributed by atoms with Crippen LogP contribution in [0.3, 0.4) is 0 Å². The molecule has 2 aromatic rings. The summed E-state index contributed by atoms with van der Waals surface area (Å²) in [6.07, 6.45) is 0.704. The van der Waals surface area contributed by atoms with Gasteiger partial charge in [-0.05, 0) is 36.4 Å². The van der Waals surface area contributed by atoms with E-state index < -0.39 is 0 Å². The molecule has 0 spiro atoms. The number of nitrogens with zero attached hydrogens (tertiary/aromatic N) is 1. The lowest BCUT2D eigenvalue weighted by atomic mass is 10.2. The molecule has 0 aliphatic rings. The van der Waals surface area contributed by atoms with Crippen molar-refractivity contribution in [3.05, 3.63) is 58.1 Å². The molecule has 0 saturated carbocycles. The summed E-state index contributed by atoms with van der Waals surface area (Å²) in [5.41, 5.74) is 0.580. The Morgan fingerprint density at radius 3 is 2.57 bits per heavy atom. The summed E-state index contributed by atoms with van der Waals surface area (Å²) in [5.74, 6) is 1.28. The van der Waals surface area contributed by atoms with Gasteiger partial charge in [-0.2, -0.15) is 5.26 Å². The molecule has 21 heavy (non-hydrogen) atoms. The number of rotatable bonds is 6. The quantitative estimate of drug-likeness (QED) is 0.723. The second-order valence-corrected chi connectivity index (χ2v) is 5.11. The summed E-state index contributed by atoms with van der Waals surface area (Å²) in [6, 6.07) is 14.2. The maximum atomic E-state index is 8.80.